The van der Waals surface area contributed by atoms with Gasteiger partial charge >= 0.3 is 0 Å². The molecule has 2 aromatic carbocycles. The van der Waals surface area contributed by atoms with E-state index in [9.17, 15) is 9.50 Å². The van der Waals surface area contributed by atoms with Crippen LogP contribution >= 0.6 is 0 Å². The van der Waals surface area contributed by atoms with Gasteiger partial charge < -0.3 is 9.84 Å². The van der Waals surface area contributed by atoms with Crippen LogP contribution in [0, 0.1) is 5.82 Å². The monoisotopic (exact) mass is 355 g/mol. The Morgan fingerprint density at radius 2 is 1.81 bits per heavy atom. The molecule has 0 spiro atoms. The molecule has 4 rings (SSSR count). The van der Waals surface area contributed by atoms with E-state index in [0.29, 0.717) is 36.2 Å². The molecule has 0 aromatic heterocycles. The molecule has 0 radical (unpaired) electrons. The zero-order valence-electron chi connectivity index (χ0n) is 15.2. The smallest absolute Gasteiger partial charge is 0.127 e. The van der Waals surface area contributed by atoms with Gasteiger partial charge in [0.05, 0.1) is 12.7 Å². The van der Waals surface area contributed by atoms with Crippen molar-refractivity contribution in [1.82, 2.24) is 4.90 Å². The minimum Gasteiger partial charge on any atom is -0.497 e. The summed E-state index contributed by atoms with van der Waals surface area (Å²) in [6.45, 7) is 0.915. The maximum absolute atomic E-state index is 14.0. The third-order valence-corrected chi connectivity index (χ3v) is 6.01. The summed E-state index contributed by atoms with van der Waals surface area (Å²) in [5.74, 6) is 0.106. The van der Waals surface area contributed by atoms with Crippen LogP contribution in [0.3, 0.4) is 0 Å². The molecule has 2 aromatic rings. The molecule has 2 unspecified atom stereocenters. The molecule has 2 aliphatic heterocycles. The first kappa shape index (κ1) is 17.5. The molecule has 0 aliphatic carbocycles. The maximum Gasteiger partial charge on any atom is 0.127 e. The molecule has 2 saturated heterocycles. The summed E-state index contributed by atoms with van der Waals surface area (Å²) < 4.78 is 19.2. The lowest BCUT2D eigenvalue weighted by molar-refractivity contribution is -0.100. The van der Waals surface area contributed by atoms with Crippen molar-refractivity contribution in [2.75, 3.05) is 7.11 Å². The Hall–Kier alpha value is -1.91. The highest BCUT2D eigenvalue weighted by molar-refractivity contribution is 5.34. The molecule has 138 valence electrons. The van der Waals surface area contributed by atoms with Crippen LogP contribution in [0.2, 0.25) is 0 Å². The molecule has 1 N–H and O–H groups in total. The van der Waals surface area contributed by atoms with Gasteiger partial charge in [-0.2, -0.15) is 0 Å². The highest BCUT2D eigenvalue weighted by Gasteiger charge is 2.46. The van der Waals surface area contributed by atoms with Gasteiger partial charge in [0.1, 0.15) is 11.6 Å². The summed E-state index contributed by atoms with van der Waals surface area (Å²) in [5, 5.41) is 11.4. The van der Waals surface area contributed by atoms with Crippen molar-refractivity contribution >= 4 is 0 Å². The van der Waals surface area contributed by atoms with Gasteiger partial charge in [-0.3, -0.25) is 4.90 Å². The molecule has 26 heavy (non-hydrogen) atoms. The van der Waals surface area contributed by atoms with Crippen molar-refractivity contribution in [3.05, 3.63) is 65.5 Å². The van der Waals surface area contributed by atoms with Crippen molar-refractivity contribution in [1.29, 1.82) is 0 Å². The minimum absolute atomic E-state index is 0.321. The fraction of sp³-hybridized carbons (Fsp3) is 0.455. The number of hydrogen-bond acceptors (Lipinski definition) is 3. The number of rotatable bonds is 4. The molecule has 2 bridgehead atoms. The third-order valence-electron chi connectivity index (χ3n) is 6.01. The van der Waals surface area contributed by atoms with E-state index in [4.69, 9.17) is 4.74 Å². The number of ether oxygens (including phenoxy) is 1. The Morgan fingerprint density at radius 3 is 2.46 bits per heavy atom. The van der Waals surface area contributed by atoms with E-state index in [2.05, 4.69) is 29.2 Å². The largest absolute Gasteiger partial charge is 0.497 e. The molecule has 2 aliphatic rings. The first-order chi connectivity index (χ1) is 12.6. The summed E-state index contributed by atoms with van der Waals surface area (Å²) in [4.78, 5) is 2.55. The first-order valence-electron chi connectivity index (χ1n) is 9.44. The molecule has 2 atom stereocenters. The average Bonchev–Trinajstić information content (AvgIpc) is 2.63. The first-order valence-corrected chi connectivity index (χ1v) is 9.44. The molecule has 3 nitrogen and oxygen atoms in total. The highest BCUT2D eigenvalue weighted by Crippen LogP contribution is 2.45. The van der Waals surface area contributed by atoms with E-state index in [1.54, 1.807) is 6.07 Å². The maximum atomic E-state index is 14.0. The quantitative estimate of drug-likeness (QED) is 0.890. The Kier molecular flexibility index (Phi) is 4.72. The SMILES string of the molecule is COc1cc(F)cc(C2(O)CC3CCCC(C2)N3Cc2ccccc2)c1. The van der Waals surface area contributed by atoms with Crippen LogP contribution in [-0.4, -0.2) is 29.2 Å². The number of methoxy groups -OCH3 is 1. The van der Waals surface area contributed by atoms with Crippen molar-refractivity contribution < 1.29 is 14.2 Å². The molecule has 0 saturated carbocycles. The van der Waals surface area contributed by atoms with Gasteiger partial charge in [0.25, 0.3) is 0 Å². The van der Waals surface area contributed by atoms with Gasteiger partial charge in [0.2, 0.25) is 0 Å². The number of nitrogens with zero attached hydrogens (tertiary/aromatic N) is 1. The average molecular weight is 355 g/mol. The number of hydrogen-bond donors (Lipinski definition) is 1. The Balaban J connectivity index is 1.60. The van der Waals surface area contributed by atoms with Crippen LogP contribution in [0.5, 0.6) is 5.75 Å². The zero-order chi connectivity index (χ0) is 18.1. The van der Waals surface area contributed by atoms with E-state index < -0.39 is 5.60 Å². The lowest BCUT2D eigenvalue weighted by Gasteiger charge is -2.52. The molecular weight excluding hydrogens is 329 g/mol. The van der Waals surface area contributed by atoms with E-state index in [1.807, 2.05) is 6.07 Å². The van der Waals surface area contributed by atoms with Gasteiger partial charge in [-0.15, -0.1) is 0 Å². The summed E-state index contributed by atoms with van der Waals surface area (Å²) in [5.41, 5.74) is 0.964. The second kappa shape index (κ2) is 7.01. The lowest BCUT2D eigenvalue weighted by atomic mass is 9.72. The molecule has 4 heteroatoms. The Labute approximate surface area is 154 Å². The van der Waals surface area contributed by atoms with Crippen molar-refractivity contribution in [3.8, 4) is 5.75 Å². The predicted octanol–water partition coefficient (Wildman–Crippen LogP) is 4.24. The van der Waals surface area contributed by atoms with Gasteiger partial charge in [-0.25, -0.2) is 4.39 Å². The predicted molar refractivity (Wildman–Crippen MR) is 99.5 cm³/mol. The van der Waals surface area contributed by atoms with E-state index in [-0.39, 0.29) is 5.82 Å². The topological polar surface area (TPSA) is 32.7 Å². The van der Waals surface area contributed by atoms with Crippen molar-refractivity contribution in [2.24, 2.45) is 0 Å². The van der Waals surface area contributed by atoms with Gasteiger partial charge in [0, 0.05) is 24.7 Å². The summed E-state index contributed by atoms with van der Waals surface area (Å²) in [6.07, 6.45) is 4.64. The molecule has 2 heterocycles. The number of benzene rings is 2. The molecular formula is C22H26FNO2. The van der Waals surface area contributed by atoms with Crippen LogP contribution in [0.4, 0.5) is 4.39 Å². The van der Waals surface area contributed by atoms with Crippen LogP contribution in [0.15, 0.2) is 48.5 Å². The summed E-state index contributed by atoms with van der Waals surface area (Å²) in [7, 11) is 1.53. The summed E-state index contributed by atoms with van der Waals surface area (Å²) in [6, 6.07) is 15.8. The van der Waals surface area contributed by atoms with E-state index in [0.717, 1.165) is 19.4 Å². The zero-order valence-corrected chi connectivity index (χ0v) is 15.2. The van der Waals surface area contributed by atoms with Gasteiger partial charge in [-0.1, -0.05) is 36.8 Å². The standard InChI is InChI=1S/C22H26FNO2/c1-26-21-11-17(10-18(23)12-21)22(25)13-19-8-5-9-20(14-22)24(19)15-16-6-3-2-4-7-16/h2-4,6-7,10-12,19-20,25H,5,8-9,13-15H2,1H3. The van der Waals surface area contributed by atoms with Crippen LogP contribution in [-0.2, 0) is 12.1 Å². The minimum atomic E-state index is -0.988. The van der Waals surface area contributed by atoms with Gasteiger partial charge in [-0.05, 0) is 48.9 Å². The Bertz CT molecular complexity index is 750. The van der Waals surface area contributed by atoms with Crippen LogP contribution in [0.25, 0.3) is 0 Å². The van der Waals surface area contributed by atoms with E-state index in [1.165, 1.54) is 31.2 Å². The number of aliphatic hydroxyl groups is 1. The fourth-order valence-electron chi connectivity index (χ4n) is 4.76. The van der Waals surface area contributed by atoms with E-state index >= 15 is 0 Å². The highest BCUT2D eigenvalue weighted by atomic mass is 19.1. The van der Waals surface area contributed by atoms with Crippen molar-refractivity contribution in [2.45, 2.75) is 56.3 Å². The number of halogens is 1. The normalized spacial score (nSPS) is 28.7. The van der Waals surface area contributed by atoms with Crippen LogP contribution < -0.4 is 4.74 Å². The summed E-state index contributed by atoms with van der Waals surface area (Å²) >= 11 is 0. The fourth-order valence-corrected chi connectivity index (χ4v) is 4.76. The number of piperidine rings is 2. The molecule has 2 fully saturated rings. The second-order valence-electron chi connectivity index (χ2n) is 7.72. The third kappa shape index (κ3) is 3.36. The number of fused-ring (bicyclic) bond motifs is 2. The molecule has 0 amide bonds. The van der Waals surface area contributed by atoms with Crippen molar-refractivity contribution in [3.63, 3.8) is 0 Å². The Morgan fingerprint density at radius 1 is 1.12 bits per heavy atom. The second-order valence-corrected chi connectivity index (χ2v) is 7.72. The lowest BCUT2D eigenvalue weighted by Crippen LogP contribution is -2.56. The van der Waals surface area contributed by atoms with Crippen LogP contribution in [0.1, 0.15) is 43.2 Å². The van der Waals surface area contributed by atoms with Gasteiger partial charge in [0.15, 0.2) is 0 Å².